The van der Waals surface area contributed by atoms with Crippen LogP contribution in [0.25, 0.3) is 10.9 Å². The van der Waals surface area contributed by atoms with Crippen LogP contribution in [0.3, 0.4) is 0 Å². The summed E-state index contributed by atoms with van der Waals surface area (Å²) in [7, 11) is 1.30. The van der Waals surface area contributed by atoms with Crippen LogP contribution in [-0.2, 0) is 11.3 Å². The van der Waals surface area contributed by atoms with E-state index in [4.69, 9.17) is 4.74 Å². The van der Waals surface area contributed by atoms with Crippen molar-refractivity contribution >= 4 is 23.2 Å². The molecule has 27 heavy (non-hydrogen) atoms. The Bertz CT molecular complexity index is 976. The van der Waals surface area contributed by atoms with Gasteiger partial charge in [0.25, 0.3) is 0 Å². The summed E-state index contributed by atoms with van der Waals surface area (Å²) in [6.45, 7) is 5.38. The maximum atomic E-state index is 11.1. The molecule has 3 rings (SSSR count). The van der Waals surface area contributed by atoms with Crippen molar-refractivity contribution in [2.75, 3.05) is 13.7 Å². The normalized spacial score (nSPS) is 11.1. The quantitative estimate of drug-likeness (QED) is 0.530. The number of fused-ring (bicyclic) bond motifs is 1. The number of aryl methyl sites for hydroxylation is 2. The number of aromatic nitrogens is 1. The van der Waals surface area contributed by atoms with Crippen LogP contribution in [0.2, 0.25) is 0 Å². The zero-order valence-corrected chi connectivity index (χ0v) is 15.7. The van der Waals surface area contributed by atoms with Crippen molar-refractivity contribution < 1.29 is 14.3 Å². The third kappa shape index (κ3) is 4.47. The minimum Gasteiger partial charge on any atom is -0.491 e. The molecule has 0 spiro atoms. The van der Waals surface area contributed by atoms with Gasteiger partial charge < -0.3 is 14.0 Å². The van der Waals surface area contributed by atoms with Crippen molar-refractivity contribution in [3.8, 4) is 5.75 Å². The first-order chi connectivity index (χ1) is 13.1. The Morgan fingerprint density at radius 1 is 1.22 bits per heavy atom. The molecule has 0 fully saturated rings. The minimum atomic E-state index is -0.600. The van der Waals surface area contributed by atoms with E-state index >= 15 is 0 Å². The number of nitrogens with zero attached hydrogens (tertiary/aromatic N) is 2. The van der Waals surface area contributed by atoms with Crippen LogP contribution in [0.4, 0.5) is 4.79 Å². The molecule has 0 saturated carbocycles. The van der Waals surface area contributed by atoms with E-state index in [2.05, 4.69) is 51.9 Å². The van der Waals surface area contributed by atoms with E-state index in [9.17, 15) is 4.79 Å². The van der Waals surface area contributed by atoms with Gasteiger partial charge in [0.2, 0.25) is 0 Å². The van der Waals surface area contributed by atoms with Crippen LogP contribution in [0.5, 0.6) is 5.75 Å². The number of ether oxygens (including phenoxy) is 2. The third-order valence-corrected chi connectivity index (χ3v) is 4.28. The topological polar surface area (TPSA) is 64.8 Å². The smallest absolute Gasteiger partial charge is 0.427 e. The number of hydrogen-bond acceptors (Lipinski definition) is 4. The number of hydrogen-bond donors (Lipinski definition) is 1. The molecule has 0 bridgehead atoms. The number of hydrazone groups is 1. The van der Waals surface area contributed by atoms with Gasteiger partial charge in [-0.05, 0) is 31.5 Å². The number of carbonyl (C=O) groups is 1. The van der Waals surface area contributed by atoms with Crippen molar-refractivity contribution in [2.24, 2.45) is 5.10 Å². The Kier molecular flexibility index (Phi) is 5.76. The van der Waals surface area contributed by atoms with Crippen molar-refractivity contribution in [3.05, 3.63) is 65.4 Å². The van der Waals surface area contributed by atoms with Gasteiger partial charge in [0, 0.05) is 22.7 Å². The summed E-state index contributed by atoms with van der Waals surface area (Å²) in [5.41, 5.74) is 6.66. The van der Waals surface area contributed by atoms with Gasteiger partial charge in [-0.25, -0.2) is 10.2 Å². The monoisotopic (exact) mass is 365 g/mol. The average molecular weight is 365 g/mol. The maximum Gasteiger partial charge on any atom is 0.427 e. The molecule has 0 aliphatic rings. The van der Waals surface area contributed by atoms with Crippen LogP contribution >= 0.6 is 0 Å². The molecule has 6 nitrogen and oxygen atoms in total. The highest BCUT2D eigenvalue weighted by molar-refractivity contribution is 5.99. The van der Waals surface area contributed by atoms with E-state index in [-0.39, 0.29) is 0 Å². The van der Waals surface area contributed by atoms with E-state index in [0.29, 0.717) is 13.2 Å². The largest absolute Gasteiger partial charge is 0.491 e. The second kappa shape index (κ2) is 8.40. The number of methoxy groups -OCH3 is 1. The van der Waals surface area contributed by atoms with E-state index in [1.54, 1.807) is 6.21 Å². The summed E-state index contributed by atoms with van der Waals surface area (Å²) in [5, 5.41) is 4.98. The Labute approximate surface area is 158 Å². The Hall–Kier alpha value is -3.28. The van der Waals surface area contributed by atoms with Gasteiger partial charge in [-0.1, -0.05) is 35.9 Å². The summed E-state index contributed by atoms with van der Waals surface area (Å²) >= 11 is 0. The van der Waals surface area contributed by atoms with Gasteiger partial charge >= 0.3 is 6.09 Å². The van der Waals surface area contributed by atoms with Gasteiger partial charge in [0.1, 0.15) is 12.4 Å². The van der Waals surface area contributed by atoms with E-state index in [1.165, 1.54) is 12.7 Å². The van der Waals surface area contributed by atoms with Crippen molar-refractivity contribution in [3.63, 3.8) is 0 Å². The number of rotatable bonds is 6. The SMILES string of the molecule is COC(=O)NN=Cc1cn(CCOc2ccc(C)cc2C)c2ccccc12. The number of amides is 1. The highest BCUT2D eigenvalue weighted by atomic mass is 16.5. The van der Waals surface area contributed by atoms with Crippen molar-refractivity contribution in [1.29, 1.82) is 0 Å². The fourth-order valence-corrected chi connectivity index (χ4v) is 2.98. The number of carbonyl (C=O) groups excluding carboxylic acids is 1. The van der Waals surface area contributed by atoms with E-state index in [0.717, 1.165) is 27.8 Å². The first kappa shape index (κ1) is 18.5. The molecule has 0 radical (unpaired) electrons. The van der Waals surface area contributed by atoms with Gasteiger partial charge in [-0.15, -0.1) is 0 Å². The lowest BCUT2D eigenvalue weighted by Crippen LogP contribution is -2.16. The molecule has 2 aromatic carbocycles. The summed E-state index contributed by atoms with van der Waals surface area (Å²) in [6.07, 6.45) is 3.01. The predicted molar refractivity (Wildman–Crippen MR) is 106 cm³/mol. The zero-order chi connectivity index (χ0) is 19.2. The Balaban J connectivity index is 1.73. The molecule has 1 aromatic heterocycles. The minimum absolute atomic E-state index is 0.555. The summed E-state index contributed by atoms with van der Waals surface area (Å²) in [4.78, 5) is 11.1. The molecule has 1 amide bonds. The van der Waals surface area contributed by atoms with E-state index < -0.39 is 6.09 Å². The summed E-state index contributed by atoms with van der Waals surface area (Å²) in [6, 6.07) is 14.2. The second-order valence-corrected chi connectivity index (χ2v) is 6.27. The summed E-state index contributed by atoms with van der Waals surface area (Å²) < 4.78 is 12.6. The van der Waals surface area contributed by atoms with Crippen LogP contribution in [0, 0.1) is 13.8 Å². The average Bonchev–Trinajstić information content (AvgIpc) is 3.01. The van der Waals surface area contributed by atoms with Crippen molar-refractivity contribution in [2.45, 2.75) is 20.4 Å². The molecule has 140 valence electrons. The standard InChI is InChI=1S/C21H23N3O3/c1-15-8-9-20(16(2)12-15)27-11-10-24-14-17(13-22-23-21(25)26-3)18-6-4-5-7-19(18)24/h4-9,12-14H,10-11H2,1-3H3,(H,23,25). The van der Waals surface area contributed by atoms with Crippen LogP contribution in [-0.4, -0.2) is 30.6 Å². The van der Waals surface area contributed by atoms with Gasteiger partial charge in [-0.2, -0.15) is 5.10 Å². The van der Waals surface area contributed by atoms with Crippen molar-refractivity contribution in [1.82, 2.24) is 9.99 Å². The molecular weight excluding hydrogens is 342 g/mol. The highest BCUT2D eigenvalue weighted by Gasteiger charge is 2.07. The van der Waals surface area contributed by atoms with Gasteiger partial charge in [0.05, 0.1) is 19.9 Å². The summed E-state index contributed by atoms with van der Waals surface area (Å²) in [5.74, 6) is 0.904. The lowest BCUT2D eigenvalue weighted by molar-refractivity contribution is 0.171. The third-order valence-electron chi connectivity index (χ3n) is 4.28. The molecule has 3 aromatic rings. The molecule has 6 heteroatoms. The van der Waals surface area contributed by atoms with Crippen LogP contribution < -0.4 is 10.2 Å². The first-order valence-corrected chi connectivity index (χ1v) is 8.73. The fraction of sp³-hybridized carbons (Fsp3) is 0.238. The first-order valence-electron chi connectivity index (χ1n) is 8.73. The maximum absolute atomic E-state index is 11.1. The van der Waals surface area contributed by atoms with E-state index in [1.807, 2.05) is 30.5 Å². The molecule has 1 heterocycles. The molecule has 0 saturated heterocycles. The number of para-hydroxylation sites is 1. The molecule has 0 aliphatic heterocycles. The Morgan fingerprint density at radius 2 is 2.04 bits per heavy atom. The van der Waals surface area contributed by atoms with Gasteiger partial charge in [0.15, 0.2) is 0 Å². The molecular formula is C21H23N3O3. The lowest BCUT2D eigenvalue weighted by atomic mass is 10.1. The zero-order valence-electron chi connectivity index (χ0n) is 15.7. The molecule has 0 aliphatic carbocycles. The van der Waals surface area contributed by atoms with Crippen LogP contribution in [0.1, 0.15) is 16.7 Å². The number of benzene rings is 2. The number of nitrogens with one attached hydrogen (secondary N) is 1. The fourth-order valence-electron chi connectivity index (χ4n) is 2.98. The lowest BCUT2D eigenvalue weighted by Gasteiger charge is -2.11. The molecule has 0 atom stereocenters. The predicted octanol–water partition coefficient (Wildman–Crippen LogP) is 4.03. The Morgan fingerprint density at radius 3 is 2.81 bits per heavy atom. The molecule has 0 unspecified atom stereocenters. The van der Waals surface area contributed by atoms with Crippen LogP contribution in [0.15, 0.2) is 53.8 Å². The highest BCUT2D eigenvalue weighted by Crippen LogP contribution is 2.21. The second-order valence-electron chi connectivity index (χ2n) is 6.27. The van der Waals surface area contributed by atoms with Gasteiger partial charge in [-0.3, -0.25) is 0 Å². The molecule has 1 N–H and O–H groups in total.